The number of hydrogen-bond acceptors (Lipinski definition) is 0. The molecule has 228 valence electrons. The van der Waals surface area contributed by atoms with E-state index in [0.717, 1.165) is 36.3 Å². The molecule has 6 aliphatic rings. The van der Waals surface area contributed by atoms with Gasteiger partial charge in [-0.25, -0.2) is 0 Å². The van der Waals surface area contributed by atoms with Crippen molar-refractivity contribution in [2.75, 3.05) is 0 Å². The summed E-state index contributed by atoms with van der Waals surface area (Å²) in [7, 11) is 0. The maximum absolute atomic E-state index is 5.00. The van der Waals surface area contributed by atoms with E-state index in [1.165, 1.54) is 193 Å². The van der Waals surface area contributed by atoms with E-state index in [4.69, 9.17) is 16.0 Å². The Hall–Kier alpha value is 1.07. The van der Waals surface area contributed by atoms with Crippen LogP contribution in [0.2, 0.25) is 0 Å². The molecule has 6 fully saturated rings. The summed E-state index contributed by atoms with van der Waals surface area (Å²) in [6.45, 7) is 0. The minimum absolute atomic E-state index is 0. The van der Waals surface area contributed by atoms with Gasteiger partial charge in [0.05, 0.1) is 0 Å². The second-order valence-electron chi connectivity index (χ2n) is 14.2. The van der Waals surface area contributed by atoms with E-state index in [1.807, 2.05) is 0 Å². The number of nitrogens with zero attached hydrogens (tertiary/aromatic N) is 3. The van der Waals surface area contributed by atoms with Gasteiger partial charge in [0.25, 0.3) is 0 Å². The largest absolute Gasteiger partial charge is 3.00 e. The summed E-state index contributed by atoms with van der Waals surface area (Å²) in [5, 5.41) is 15.0. The first-order chi connectivity index (χ1) is 19.3. The van der Waals surface area contributed by atoms with Gasteiger partial charge in [-0.1, -0.05) is 193 Å². The van der Waals surface area contributed by atoms with Crippen molar-refractivity contribution in [3.8, 4) is 0 Å². The molecule has 6 rings (SSSR count). The Balaban J connectivity index is 0.000000163. The van der Waals surface area contributed by atoms with Crippen LogP contribution in [-0.2, 0) is 0 Å². The molecule has 0 aromatic rings. The van der Waals surface area contributed by atoms with Crippen molar-refractivity contribution in [3.05, 3.63) is 16.0 Å². The molecule has 0 N–H and O–H groups in total. The van der Waals surface area contributed by atoms with Crippen LogP contribution in [0.25, 0.3) is 16.0 Å². The molecule has 0 heterocycles. The molecule has 6 saturated carbocycles. The van der Waals surface area contributed by atoms with Crippen LogP contribution in [0.4, 0.5) is 0 Å². The standard InChI is InChI=1S/3C12H22N.La/c3*1-3-7-11(8-4-1)13-12-9-5-2-6-10-12;/h3*11-12H,1-10H2;/q3*-1;+3. The zero-order chi connectivity index (χ0) is 26.8. The van der Waals surface area contributed by atoms with E-state index in [2.05, 4.69) is 0 Å². The molecule has 0 aromatic carbocycles. The van der Waals surface area contributed by atoms with Gasteiger partial charge in [-0.2, -0.15) is 0 Å². The Kier molecular flexibility index (Phi) is 20.1. The molecule has 6 aliphatic carbocycles. The maximum Gasteiger partial charge on any atom is 3.00 e. The Morgan fingerprint density at radius 3 is 0.450 bits per heavy atom. The molecular weight excluding hydrogens is 613 g/mol. The molecule has 4 heteroatoms. The van der Waals surface area contributed by atoms with E-state index in [9.17, 15) is 0 Å². The third-order valence-electron chi connectivity index (χ3n) is 10.7. The third kappa shape index (κ3) is 15.2. The Bertz CT molecular complexity index is 436. The maximum atomic E-state index is 5.00. The van der Waals surface area contributed by atoms with Gasteiger partial charge in [0.15, 0.2) is 0 Å². The zero-order valence-electron chi connectivity index (χ0n) is 26.6. The first-order valence-corrected chi connectivity index (χ1v) is 18.4. The SMILES string of the molecule is C1CCC([N-]C2CCCCC2)CC1.C1CCC([N-]C2CCCCC2)CC1.C1CCC([N-]C2CCCCC2)CC1.[La+3]. The fraction of sp³-hybridized carbons (Fsp3) is 1.00. The number of rotatable bonds is 6. The second-order valence-corrected chi connectivity index (χ2v) is 14.2. The van der Waals surface area contributed by atoms with Crippen LogP contribution in [0, 0.1) is 35.6 Å². The molecule has 0 radical (unpaired) electrons. The zero-order valence-corrected chi connectivity index (χ0v) is 30.2. The quantitative estimate of drug-likeness (QED) is 0.268. The topological polar surface area (TPSA) is 42.3 Å². The molecular formula is C36H66LaN3. The normalized spacial score (nSPS) is 27.0. The Morgan fingerprint density at radius 1 is 0.200 bits per heavy atom. The van der Waals surface area contributed by atoms with Crippen molar-refractivity contribution in [2.24, 2.45) is 0 Å². The van der Waals surface area contributed by atoms with Crippen LogP contribution >= 0.6 is 0 Å². The second kappa shape index (κ2) is 22.6. The van der Waals surface area contributed by atoms with Gasteiger partial charge < -0.3 is 16.0 Å². The molecule has 0 aromatic heterocycles. The molecule has 3 nitrogen and oxygen atoms in total. The Morgan fingerprint density at radius 2 is 0.325 bits per heavy atom. The van der Waals surface area contributed by atoms with Crippen molar-refractivity contribution in [3.63, 3.8) is 0 Å². The van der Waals surface area contributed by atoms with E-state index in [1.54, 1.807) is 0 Å². The van der Waals surface area contributed by atoms with Crippen molar-refractivity contribution in [2.45, 2.75) is 229 Å². The summed E-state index contributed by atoms with van der Waals surface area (Å²) in [5.74, 6) is 0. The summed E-state index contributed by atoms with van der Waals surface area (Å²) >= 11 is 0. The summed E-state index contributed by atoms with van der Waals surface area (Å²) in [6, 6.07) is 4.48. The summed E-state index contributed by atoms with van der Waals surface area (Å²) in [6.07, 6.45) is 42.5. The minimum Gasteiger partial charge on any atom is -0.657 e. The fourth-order valence-corrected chi connectivity index (χ4v) is 8.28. The van der Waals surface area contributed by atoms with E-state index < -0.39 is 0 Å². The van der Waals surface area contributed by atoms with Crippen LogP contribution in [0.1, 0.15) is 193 Å². The molecule has 0 aliphatic heterocycles. The molecule has 0 atom stereocenters. The molecule has 0 saturated heterocycles. The van der Waals surface area contributed by atoms with E-state index in [0.29, 0.717) is 0 Å². The molecule has 0 spiro atoms. The molecule has 0 amide bonds. The van der Waals surface area contributed by atoms with Crippen molar-refractivity contribution < 1.29 is 35.6 Å². The van der Waals surface area contributed by atoms with E-state index in [-0.39, 0.29) is 35.6 Å². The van der Waals surface area contributed by atoms with Crippen LogP contribution < -0.4 is 0 Å². The van der Waals surface area contributed by atoms with Gasteiger partial charge in [-0.05, 0) is 0 Å². The smallest absolute Gasteiger partial charge is 0.657 e. The minimum atomic E-state index is 0. The van der Waals surface area contributed by atoms with Crippen molar-refractivity contribution >= 4 is 0 Å². The van der Waals surface area contributed by atoms with Gasteiger partial charge in [-0.3, -0.25) is 0 Å². The van der Waals surface area contributed by atoms with Gasteiger partial charge >= 0.3 is 35.6 Å². The van der Waals surface area contributed by atoms with Crippen LogP contribution in [0.5, 0.6) is 0 Å². The average Bonchev–Trinajstić information content (AvgIpc) is 3.01. The first kappa shape index (κ1) is 35.6. The third-order valence-corrected chi connectivity index (χ3v) is 10.7. The first-order valence-electron chi connectivity index (χ1n) is 18.4. The van der Waals surface area contributed by atoms with Crippen molar-refractivity contribution in [1.82, 2.24) is 0 Å². The van der Waals surface area contributed by atoms with Gasteiger partial charge in [0, 0.05) is 0 Å². The Labute approximate surface area is 278 Å². The summed E-state index contributed by atoms with van der Waals surface area (Å²) in [4.78, 5) is 0. The predicted octanol–water partition coefficient (Wildman–Crippen LogP) is 12.1. The predicted molar refractivity (Wildman–Crippen MR) is 171 cm³/mol. The molecule has 0 unspecified atom stereocenters. The van der Waals surface area contributed by atoms with Gasteiger partial charge in [0.1, 0.15) is 0 Å². The van der Waals surface area contributed by atoms with Gasteiger partial charge in [0.2, 0.25) is 0 Å². The van der Waals surface area contributed by atoms with Crippen LogP contribution in [0.3, 0.4) is 0 Å². The average molecular weight is 680 g/mol. The summed E-state index contributed by atoms with van der Waals surface area (Å²) < 4.78 is 0. The molecule has 40 heavy (non-hydrogen) atoms. The summed E-state index contributed by atoms with van der Waals surface area (Å²) in [5.41, 5.74) is 0. The van der Waals surface area contributed by atoms with Gasteiger partial charge in [-0.15, -0.1) is 36.3 Å². The van der Waals surface area contributed by atoms with Crippen molar-refractivity contribution in [1.29, 1.82) is 0 Å². The van der Waals surface area contributed by atoms with Crippen LogP contribution in [-0.4, -0.2) is 36.3 Å². The molecule has 0 bridgehead atoms. The van der Waals surface area contributed by atoms with E-state index >= 15 is 0 Å². The number of hydrogen-bond donors (Lipinski definition) is 0. The van der Waals surface area contributed by atoms with Crippen LogP contribution in [0.15, 0.2) is 0 Å². The monoisotopic (exact) mass is 679 g/mol. The fourth-order valence-electron chi connectivity index (χ4n) is 8.28.